The molecule has 1 amide bonds. The zero-order valence-corrected chi connectivity index (χ0v) is 19.7. The van der Waals surface area contributed by atoms with E-state index in [9.17, 15) is 30.8 Å². The van der Waals surface area contributed by atoms with Gasteiger partial charge in [0.1, 0.15) is 22.2 Å². The Bertz CT molecular complexity index is 1400. The molecule has 1 aliphatic heterocycles. The number of nitrogens with one attached hydrogen (secondary N) is 2. The van der Waals surface area contributed by atoms with Gasteiger partial charge in [0.15, 0.2) is 5.15 Å². The number of hydrogen-bond acceptors (Lipinski definition) is 6. The molecule has 1 fully saturated rings. The minimum atomic E-state index is -4.66. The topological polar surface area (TPSA) is 106 Å². The second kappa shape index (κ2) is 9.75. The zero-order valence-electron chi connectivity index (χ0n) is 18.1. The summed E-state index contributed by atoms with van der Waals surface area (Å²) >= 11 is 6.07. The predicted molar refractivity (Wildman–Crippen MR) is 117 cm³/mol. The van der Waals surface area contributed by atoms with Crippen LogP contribution in [-0.4, -0.2) is 41.7 Å². The van der Waals surface area contributed by atoms with E-state index in [1.54, 1.807) is 4.72 Å². The van der Waals surface area contributed by atoms with E-state index < -0.39 is 62.4 Å². The van der Waals surface area contributed by atoms with E-state index in [1.165, 1.54) is 6.20 Å². The number of carbonyl (C=O) groups excluding carboxylic acids is 1. The van der Waals surface area contributed by atoms with Crippen molar-refractivity contribution in [3.05, 3.63) is 70.3 Å². The molecule has 15 heteroatoms. The van der Waals surface area contributed by atoms with Gasteiger partial charge in [-0.25, -0.2) is 31.6 Å². The van der Waals surface area contributed by atoms with E-state index in [4.69, 9.17) is 11.6 Å². The summed E-state index contributed by atoms with van der Waals surface area (Å²) in [6.45, 7) is 0.532. The molecule has 8 nitrogen and oxygen atoms in total. The number of sulfonamides is 1. The molecule has 1 unspecified atom stereocenters. The van der Waals surface area contributed by atoms with Crippen molar-refractivity contribution in [1.29, 1.82) is 0 Å². The lowest BCUT2D eigenvalue weighted by molar-refractivity contribution is -0.141. The Morgan fingerprint density at radius 1 is 1.22 bits per heavy atom. The summed E-state index contributed by atoms with van der Waals surface area (Å²) in [5, 5.41) is 6.51. The fraction of sp³-hybridized carbons (Fsp3) is 0.286. The van der Waals surface area contributed by atoms with Crippen LogP contribution in [0.15, 0.2) is 41.6 Å². The van der Waals surface area contributed by atoms with Crippen molar-refractivity contribution < 1.29 is 35.2 Å². The summed E-state index contributed by atoms with van der Waals surface area (Å²) in [6, 6.07) is 2.51. The first-order chi connectivity index (χ1) is 16.9. The zero-order chi connectivity index (χ0) is 26.3. The highest BCUT2D eigenvalue weighted by Gasteiger charge is 2.32. The van der Waals surface area contributed by atoms with E-state index >= 15 is 4.39 Å². The van der Waals surface area contributed by atoms with Gasteiger partial charge < -0.3 is 5.32 Å². The largest absolute Gasteiger partial charge is 0.433 e. The SMILES string of the molecule is O=C(NS(=O)(=O)c1ccc(F)c(Cc2cn(-c3ccc(C(F)(F)F)nc3)nc2Cl)c1F)C1CCCN1. The van der Waals surface area contributed by atoms with E-state index in [0.29, 0.717) is 25.5 Å². The second-order valence-corrected chi connectivity index (χ2v) is 9.93. The van der Waals surface area contributed by atoms with Crippen molar-refractivity contribution in [2.75, 3.05) is 6.54 Å². The Hall–Kier alpha value is -3.10. The lowest BCUT2D eigenvalue weighted by atomic mass is 10.1. The van der Waals surface area contributed by atoms with Crippen molar-refractivity contribution in [2.45, 2.75) is 36.4 Å². The van der Waals surface area contributed by atoms with Crippen molar-refractivity contribution in [2.24, 2.45) is 0 Å². The average molecular weight is 550 g/mol. The van der Waals surface area contributed by atoms with Crippen LogP contribution in [0.25, 0.3) is 5.69 Å². The van der Waals surface area contributed by atoms with Gasteiger partial charge in [-0.15, -0.1) is 0 Å². The Balaban J connectivity index is 1.60. The molecule has 0 aliphatic carbocycles. The third kappa shape index (κ3) is 5.34. The van der Waals surface area contributed by atoms with Crippen molar-refractivity contribution >= 4 is 27.5 Å². The summed E-state index contributed by atoms with van der Waals surface area (Å²) in [4.78, 5) is 14.6. The summed E-state index contributed by atoms with van der Waals surface area (Å²) in [5.74, 6) is -3.35. The first-order valence-corrected chi connectivity index (χ1v) is 12.3. The number of amides is 1. The first kappa shape index (κ1) is 26.0. The van der Waals surface area contributed by atoms with E-state index in [-0.39, 0.29) is 16.4 Å². The lowest BCUT2D eigenvalue weighted by Crippen LogP contribution is -2.43. The normalized spacial score (nSPS) is 16.3. The Kier molecular flexibility index (Phi) is 7.03. The van der Waals surface area contributed by atoms with Crippen LogP contribution in [0.5, 0.6) is 0 Å². The smallest absolute Gasteiger partial charge is 0.306 e. The summed E-state index contributed by atoms with van der Waals surface area (Å²) < 4.78 is 96.0. The lowest BCUT2D eigenvalue weighted by Gasteiger charge is -2.14. The summed E-state index contributed by atoms with van der Waals surface area (Å²) in [5.41, 5.74) is -1.63. The molecule has 4 rings (SSSR count). The predicted octanol–water partition coefficient (Wildman–Crippen LogP) is 3.37. The molecule has 36 heavy (non-hydrogen) atoms. The number of benzene rings is 1. The number of rotatable bonds is 6. The fourth-order valence-corrected chi connectivity index (χ4v) is 4.95. The maximum absolute atomic E-state index is 15.2. The summed E-state index contributed by atoms with van der Waals surface area (Å²) in [7, 11) is -4.66. The van der Waals surface area contributed by atoms with E-state index in [2.05, 4.69) is 15.4 Å². The molecular formula is C21H17ClF5N5O3S. The maximum atomic E-state index is 15.2. The van der Waals surface area contributed by atoms with Gasteiger partial charge in [0.05, 0.1) is 17.9 Å². The highest BCUT2D eigenvalue weighted by molar-refractivity contribution is 7.90. The third-order valence-electron chi connectivity index (χ3n) is 5.46. The minimum absolute atomic E-state index is 0.0584. The van der Waals surface area contributed by atoms with Gasteiger partial charge in [-0.1, -0.05) is 11.6 Å². The molecule has 1 saturated heterocycles. The van der Waals surface area contributed by atoms with Crippen LogP contribution < -0.4 is 10.0 Å². The van der Waals surface area contributed by atoms with Crippen LogP contribution in [0.4, 0.5) is 22.0 Å². The Morgan fingerprint density at radius 2 is 1.97 bits per heavy atom. The van der Waals surface area contributed by atoms with Crippen molar-refractivity contribution in [3.8, 4) is 5.69 Å². The highest BCUT2D eigenvalue weighted by Crippen LogP contribution is 2.29. The molecule has 192 valence electrons. The first-order valence-electron chi connectivity index (χ1n) is 10.4. The van der Waals surface area contributed by atoms with Gasteiger partial charge >= 0.3 is 6.18 Å². The number of carbonyl (C=O) groups is 1. The Morgan fingerprint density at radius 3 is 2.58 bits per heavy atom. The molecule has 2 aromatic heterocycles. The molecule has 1 aromatic carbocycles. The van der Waals surface area contributed by atoms with Gasteiger partial charge in [0.25, 0.3) is 15.9 Å². The van der Waals surface area contributed by atoms with Crippen LogP contribution >= 0.6 is 11.6 Å². The number of aromatic nitrogens is 3. The molecule has 3 heterocycles. The fourth-order valence-electron chi connectivity index (χ4n) is 3.63. The maximum Gasteiger partial charge on any atom is 0.433 e. The standard InChI is InChI=1S/C21H17ClF5N5O3S/c22-19-11(10-32(30-19)12-3-6-17(29-9-12)21(25,26)27)8-13-14(23)4-5-16(18(13)24)36(34,35)31-20(33)15-2-1-7-28-15/h3-6,9-10,15,28H,1-2,7-8H2,(H,31,33). The number of hydrogen-bond donors (Lipinski definition) is 2. The van der Waals surface area contributed by atoms with E-state index in [0.717, 1.165) is 29.1 Å². The van der Waals surface area contributed by atoms with Crippen LogP contribution in [0.2, 0.25) is 5.15 Å². The number of alkyl halides is 3. The quantitative estimate of drug-likeness (QED) is 0.457. The molecule has 3 aromatic rings. The number of halogens is 6. The molecular weight excluding hydrogens is 533 g/mol. The van der Waals surface area contributed by atoms with Crippen LogP contribution in [0.3, 0.4) is 0 Å². The van der Waals surface area contributed by atoms with Crippen molar-refractivity contribution in [1.82, 2.24) is 24.8 Å². The van der Waals surface area contributed by atoms with Crippen LogP contribution in [0.1, 0.15) is 29.7 Å². The molecule has 1 atom stereocenters. The molecule has 1 aliphatic rings. The highest BCUT2D eigenvalue weighted by atomic mass is 35.5. The molecule has 2 N–H and O–H groups in total. The van der Waals surface area contributed by atoms with E-state index in [1.807, 2.05) is 0 Å². The number of pyridine rings is 1. The van der Waals surface area contributed by atoms with Gasteiger partial charge in [-0.3, -0.25) is 4.79 Å². The second-order valence-electron chi connectivity index (χ2n) is 7.92. The average Bonchev–Trinajstić information content (AvgIpc) is 3.46. The molecule has 0 spiro atoms. The minimum Gasteiger partial charge on any atom is -0.306 e. The van der Waals surface area contributed by atoms with Gasteiger partial charge in [-0.2, -0.15) is 18.3 Å². The number of nitrogens with zero attached hydrogens (tertiary/aromatic N) is 3. The van der Waals surface area contributed by atoms with Gasteiger partial charge in [-0.05, 0) is 43.7 Å². The molecule has 0 bridgehead atoms. The molecule has 0 radical (unpaired) electrons. The Labute approximate surface area is 206 Å². The molecule has 0 saturated carbocycles. The van der Waals surface area contributed by atoms with Gasteiger partial charge in [0.2, 0.25) is 0 Å². The van der Waals surface area contributed by atoms with Crippen molar-refractivity contribution in [3.63, 3.8) is 0 Å². The van der Waals surface area contributed by atoms with Crippen LogP contribution in [-0.2, 0) is 27.4 Å². The monoisotopic (exact) mass is 549 g/mol. The van der Waals surface area contributed by atoms with Gasteiger partial charge in [0, 0.05) is 23.7 Å². The summed E-state index contributed by atoms with van der Waals surface area (Å²) in [6.07, 6.45) is -1.98. The van der Waals surface area contributed by atoms with Crippen LogP contribution in [0, 0.1) is 11.6 Å². The third-order valence-corrected chi connectivity index (χ3v) is 7.14.